The van der Waals surface area contributed by atoms with Crippen LogP contribution < -0.4 is 5.73 Å². The number of benzene rings is 1. The third-order valence-electron chi connectivity index (χ3n) is 7.50. The lowest BCUT2D eigenvalue weighted by Crippen LogP contribution is -2.45. The molecule has 0 spiro atoms. The molecule has 4 aromatic rings. The minimum absolute atomic E-state index is 0.0769. The Morgan fingerprint density at radius 1 is 1.21 bits per heavy atom. The highest BCUT2D eigenvalue weighted by atomic mass is 16.6. The number of aryl methyl sites for hydroxylation is 2. The topological polar surface area (TPSA) is 119 Å². The number of ether oxygens (including phenoxy) is 1. The second-order valence-corrected chi connectivity index (χ2v) is 9.52. The van der Waals surface area contributed by atoms with Crippen LogP contribution in [0.1, 0.15) is 35.9 Å². The van der Waals surface area contributed by atoms with Gasteiger partial charge in [0.05, 0.1) is 17.3 Å². The molecule has 33 heavy (non-hydrogen) atoms. The number of nitrogens with zero attached hydrogens (tertiary/aromatic N) is 4. The van der Waals surface area contributed by atoms with Gasteiger partial charge in [-0.3, -0.25) is 0 Å². The summed E-state index contributed by atoms with van der Waals surface area (Å²) in [5.41, 5.74) is 9.23. The first-order chi connectivity index (χ1) is 15.8. The molecule has 0 unspecified atom stereocenters. The highest BCUT2D eigenvalue weighted by molar-refractivity contribution is 5.82. The van der Waals surface area contributed by atoms with Crippen molar-refractivity contribution in [2.45, 2.75) is 57.1 Å². The molecule has 8 heteroatoms. The normalized spacial score (nSPS) is 29.2. The second-order valence-electron chi connectivity index (χ2n) is 9.52. The zero-order valence-corrected chi connectivity index (χ0v) is 18.6. The fourth-order valence-corrected chi connectivity index (χ4v) is 5.63. The lowest BCUT2D eigenvalue weighted by atomic mass is 9.90. The van der Waals surface area contributed by atoms with Gasteiger partial charge in [0.1, 0.15) is 29.5 Å². The number of aliphatic hydroxyl groups excluding tert-OH is 1. The molecule has 6 rings (SSSR count). The number of hydrogen-bond acceptors (Lipinski definition) is 7. The van der Waals surface area contributed by atoms with Crippen LogP contribution in [0, 0.1) is 19.8 Å². The van der Waals surface area contributed by atoms with Crippen molar-refractivity contribution in [1.29, 1.82) is 0 Å². The monoisotopic (exact) mass is 445 g/mol. The zero-order chi connectivity index (χ0) is 22.9. The molecule has 4 heterocycles. The van der Waals surface area contributed by atoms with Crippen molar-refractivity contribution in [2.75, 3.05) is 5.73 Å². The quantitative estimate of drug-likeness (QED) is 0.444. The standard InChI is InChI=1S/C25H27N5O3/c1-13-9-16-4-3-15(11-19(16)29-22(13)26)10-17-5-7-25(32)20(31)24(33-21(17)25)30-8-6-18-14(2)27-12-28-23(18)30/h3-4,6,8-9,11-12,17,20-21,24,31-32H,5,7,10H2,1-2H3,(H2,26,29)/t17-,20-,21+,24+,25-/m0/s1. The highest BCUT2D eigenvalue weighted by Crippen LogP contribution is 2.50. The molecule has 0 bridgehead atoms. The summed E-state index contributed by atoms with van der Waals surface area (Å²) < 4.78 is 8.18. The van der Waals surface area contributed by atoms with Crippen LogP contribution in [-0.4, -0.2) is 47.5 Å². The molecule has 8 nitrogen and oxygen atoms in total. The summed E-state index contributed by atoms with van der Waals surface area (Å²) in [6.07, 6.45) is 3.15. The second kappa shape index (κ2) is 7.21. The summed E-state index contributed by atoms with van der Waals surface area (Å²) in [5.74, 6) is 0.617. The van der Waals surface area contributed by atoms with Crippen LogP contribution >= 0.6 is 0 Å². The number of nitrogen functional groups attached to an aromatic ring is 1. The summed E-state index contributed by atoms with van der Waals surface area (Å²) in [4.78, 5) is 13.2. The number of hydrogen-bond donors (Lipinski definition) is 3. The Hall–Kier alpha value is -3.07. The van der Waals surface area contributed by atoms with E-state index in [4.69, 9.17) is 10.5 Å². The molecule has 0 amide bonds. The largest absolute Gasteiger partial charge is 0.385 e. The molecule has 3 aromatic heterocycles. The number of aliphatic hydroxyl groups is 2. The van der Waals surface area contributed by atoms with E-state index in [9.17, 15) is 10.2 Å². The predicted octanol–water partition coefficient (Wildman–Crippen LogP) is 2.82. The van der Waals surface area contributed by atoms with Crippen molar-refractivity contribution in [3.63, 3.8) is 0 Å². The third-order valence-corrected chi connectivity index (χ3v) is 7.50. The van der Waals surface area contributed by atoms with Gasteiger partial charge in [0.15, 0.2) is 6.23 Å². The van der Waals surface area contributed by atoms with Crippen molar-refractivity contribution in [3.8, 4) is 0 Å². The van der Waals surface area contributed by atoms with E-state index in [1.54, 1.807) is 0 Å². The van der Waals surface area contributed by atoms with Gasteiger partial charge in [-0.1, -0.05) is 12.1 Å². The van der Waals surface area contributed by atoms with Crippen LogP contribution in [0.4, 0.5) is 5.82 Å². The highest BCUT2D eigenvalue weighted by Gasteiger charge is 2.61. The lowest BCUT2D eigenvalue weighted by Gasteiger charge is -2.26. The Morgan fingerprint density at radius 2 is 2.06 bits per heavy atom. The minimum atomic E-state index is -1.29. The Kier molecular flexibility index (Phi) is 4.49. The number of pyridine rings is 1. The maximum Gasteiger partial charge on any atom is 0.164 e. The smallest absolute Gasteiger partial charge is 0.164 e. The van der Waals surface area contributed by atoms with Crippen LogP contribution in [0.25, 0.3) is 21.9 Å². The van der Waals surface area contributed by atoms with Gasteiger partial charge in [0.25, 0.3) is 0 Å². The molecule has 1 aromatic carbocycles. The van der Waals surface area contributed by atoms with Crippen LogP contribution in [0.5, 0.6) is 0 Å². The first-order valence-electron chi connectivity index (χ1n) is 11.3. The number of fused-ring (bicyclic) bond motifs is 3. The number of anilines is 1. The van der Waals surface area contributed by atoms with E-state index in [1.807, 2.05) is 36.7 Å². The van der Waals surface area contributed by atoms with Gasteiger partial charge >= 0.3 is 0 Å². The van der Waals surface area contributed by atoms with E-state index in [-0.39, 0.29) is 5.92 Å². The molecule has 2 aliphatic rings. The van der Waals surface area contributed by atoms with Crippen LogP contribution in [-0.2, 0) is 11.2 Å². The van der Waals surface area contributed by atoms with E-state index in [0.717, 1.165) is 46.0 Å². The van der Waals surface area contributed by atoms with Crippen LogP contribution in [0.3, 0.4) is 0 Å². The van der Waals surface area contributed by atoms with E-state index in [0.29, 0.717) is 17.9 Å². The minimum Gasteiger partial charge on any atom is -0.385 e. The Morgan fingerprint density at radius 3 is 2.91 bits per heavy atom. The maximum absolute atomic E-state index is 11.4. The Labute approximate surface area is 191 Å². The van der Waals surface area contributed by atoms with Crippen molar-refractivity contribution in [2.24, 2.45) is 5.92 Å². The van der Waals surface area contributed by atoms with Crippen molar-refractivity contribution < 1.29 is 14.9 Å². The molecular formula is C25H27N5O3. The fraction of sp³-hybridized carbons (Fsp3) is 0.400. The zero-order valence-electron chi connectivity index (χ0n) is 18.6. The molecule has 1 saturated carbocycles. The molecule has 170 valence electrons. The molecular weight excluding hydrogens is 418 g/mol. The SMILES string of the molecule is Cc1cc2ccc(C[C@@H]3CC[C@@]4(O)[C@@H]3O[C@@H](n3ccc5c(C)ncnc53)[C@@H]4O)cc2nc1N. The maximum atomic E-state index is 11.4. The van der Waals surface area contributed by atoms with Crippen LogP contribution in [0.2, 0.25) is 0 Å². The summed E-state index contributed by atoms with van der Waals surface area (Å²) >= 11 is 0. The number of nitrogens with two attached hydrogens (primary N) is 1. The lowest BCUT2D eigenvalue weighted by molar-refractivity contribution is -0.0675. The average molecular weight is 446 g/mol. The molecule has 1 aliphatic heterocycles. The van der Waals surface area contributed by atoms with Gasteiger partial charge in [-0.25, -0.2) is 15.0 Å². The van der Waals surface area contributed by atoms with Crippen molar-refractivity contribution in [3.05, 3.63) is 59.7 Å². The first-order valence-corrected chi connectivity index (χ1v) is 11.3. The van der Waals surface area contributed by atoms with Gasteiger partial charge in [0.2, 0.25) is 0 Å². The van der Waals surface area contributed by atoms with E-state index >= 15 is 0 Å². The summed E-state index contributed by atoms with van der Waals surface area (Å²) in [6.45, 7) is 3.88. The molecule has 1 aliphatic carbocycles. The summed E-state index contributed by atoms with van der Waals surface area (Å²) in [5, 5.41) is 24.5. The van der Waals surface area contributed by atoms with Crippen molar-refractivity contribution >= 4 is 27.8 Å². The van der Waals surface area contributed by atoms with Crippen molar-refractivity contribution in [1.82, 2.24) is 19.5 Å². The molecule has 5 atom stereocenters. The van der Waals surface area contributed by atoms with Gasteiger partial charge in [-0.2, -0.15) is 0 Å². The van der Waals surface area contributed by atoms with Gasteiger partial charge < -0.3 is 25.3 Å². The van der Waals surface area contributed by atoms with E-state index in [2.05, 4.69) is 33.2 Å². The number of aromatic nitrogens is 4. The average Bonchev–Trinajstić information content (AvgIpc) is 3.42. The molecule has 0 radical (unpaired) electrons. The van der Waals surface area contributed by atoms with E-state index < -0.39 is 24.0 Å². The summed E-state index contributed by atoms with van der Waals surface area (Å²) in [6, 6.07) is 10.2. The Balaban J connectivity index is 1.29. The van der Waals surface area contributed by atoms with Crippen LogP contribution in [0.15, 0.2) is 42.9 Å². The first kappa shape index (κ1) is 20.5. The van der Waals surface area contributed by atoms with Gasteiger partial charge in [-0.15, -0.1) is 0 Å². The third kappa shape index (κ3) is 3.05. The van der Waals surface area contributed by atoms with Gasteiger partial charge in [-0.05, 0) is 68.4 Å². The summed E-state index contributed by atoms with van der Waals surface area (Å²) in [7, 11) is 0. The number of rotatable bonds is 3. The Bertz CT molecular complexity index is 1390. The molecule has 4 N–H and O–H groups in total. The molecule has 2 fully saturated rings. The predicted molar refractivity (Wildman–Crippen MR) is 124 cm³/mol. The van der Waals surface area contributed by atoms with Gasteiger partial charge in [0, 0.05) is 17.0 Å². The van der Waals surface area contributed by atoms with E-state index in [1.165, 1.54) is 6.33 Å². The fourth-order valence-electron chi connectivity index (χ4n) is 5.63. The molecule has 1 saturated heterocycles.